The molecule has 14 heavy (non-hydrogen) atoms. The second-order valence-corrected chi connectivity index (χ2v) is 7.11. The molecule has 0 N–H and O–H groups in total. The van der Waals surface area contributed by atoms with Crippen molar-refractivity contribution in [1.29, 1.82) is 0 Å². The third-order valence-corrected chi connectivity index (χ3v) is 5.01. The standard InChI is InChI=1S/C8H16BrO4P/c1-6(2)12-14(11,8(9)5-10)13-7(3)4/h5-8H,1-4H3. The summed E-state index contributed by atoms with van der Waals surface area (Å²) in [6, 6.07) is 0. The first-order valence-electron chi connectivity index (χ1n) is 4.37. The van der Waals surface area contributed by atoms with E-state index in [9.17, 15) is 9.36 Å². The van der Waals surface area contributed by atoms with Crippen LogP contribution in [-0.4, -0.2) is 23.1 Å². The van der Waals surface area contributed by atoms with Gasteiger partial charge < -0.3 is 13.8 Å². The molecule has 0 saturated carbocycles. The number of hydrogen-bond donors (Lipinski definition) is 0. The van der Waals surface area contributed by atoms with Crippen LogP contribution in [0.15, 0.2) is 0 Å². The predicted octanol–water partition coefficient (Wildman–Crippen LogP) is 2.95. The van der Waals surface area contributed by atoms with Gasteiger partial charge in [0, 0.05) is 0 Å². The molecule has 4 nitrogen and oxygen atoms in total. The molecule has 0 radical (unpaired) electrons. The van der Waals surface area contributed by atoms with E-state index in [0.717, 1.165) is 0 Å². The van der Waals surface area contributed by atoms with Crippen LogP contribution in [0.5, 0.6) is 0 Å². The molecule has 0 aliphatic carbocycles. The maximum atomic E-state index is 12.0. The quantitative estimate of drug-likeness (QED) is 0.428. The molecule has 0 amide bonds. The Hall–Kier alpha value is 0.300. The summed E-state index contributed by atoms with van der Waals surface area (Å²) in [5.74, 6) is 0. The van der Waals surface area contributed by atoms with Crippen LogP contribution in [0.4, 0.5) is 0 Å². The summed E-state index contributed by atoms with van der Waals surface area (Å²) in [6.07, 6.45) is 0.0186. The Morgan fingerprint density at radius 3 is 1.71 bits per heavy atom. The van der Waals surface area contributed by atoms with E-state index in [0.29, 0.717) is 6.29 Å². The number of hydrogen-bond acceptors (Lipinski definition) is 4. The summed E-state index contributed by atoms with van der Waals surface area (Å²) >= 11 is 2.98. The van der Waals surface area contributed by atoms with Crippen LogP contribution in [0.3, 0.4) is 0 Å². The van der Waals surface area contributed by atoms with E-state index in [1.165, 1.54) is 0 Å². The molecular formula is C8H16BrO4P. The molecule has 0 fully saturated rings. The Balaban J connectivity index is 4.66. The zero-order chi connectivity index (χ0) is 11.4. The Morgan fingerprint density at radius 2 is 1.50 bits per heavy atom. The van der Waals surface area contributed by atoms with Crippen LogP contribution in [0.1, 0.15) is 27.7 Å². The Kier molecular flexibility index (Phi) is 6.14. The second-order valence-electron chi connectivity index (χ2n) is 3.36. The molecule has 0 rings (SSSR count). The lowest BCUT2D eigenvalue weighted by atomic mass is 10.5. The number of alkyl halides is 1. The van der Waals surface area contributed by atoms with Crippen molar-refractivity contribution in [2.24, 2.45) is 0 Å². The summed E-state index contributed by atoms with van der Waals surface area (Å²) < 4.78 is 21.5. The SMILES string of the molecule is CC(C)OP(=O)(OC(C)C)C(Br)C=O. The lowest BCUT2D eigenvalue weighted by Gasteiger charge is -2.23. The van der Waals surface area contributed by atoms with Gasteiger partial charge in [0.25, 0.3) is 0 Å². The first-order valence-corrected chi connectivity index (χ1v) is 6.90. The van der Waals surface area contributed by atoms with Crippen LogP contribution in [0.2, 0.25) is 0 Å². The number of halogens is 1. The molecule has 0 bridgehead atoms. The van der Waals surface area contributed by atoms with Gasteiger partial charge in [0.05, 0.1) is 12.2 Å². The molecule has 1 unspecified atom stereocenters. The fourth-order valence-corrected chi connectivity index (χ4v) is 2.99. The van der Waals surface area contributed by atoms with Crippen molar-refractivity contribution in [2.75, 3.05) is 0 Å². The Morgan fingerprint density at radius 1 is 1.14 bits per heavy atom. The second kappa shape index (κ2) is 6.01. The molecule has 0 aliphatic heterocycles. The highest BCUT2D eigenvalue weighted by atomic mass is 79.9. The molecule has 0 aromatic heterocycles. The molecule has 84 valence electrons. The normalized spacial score (nSPS) is 14.8. The van der Waals surface area contributed by atoms with Crippen molar-refractivity contribution in [3.8, 4) is 0 Å². The lowest BCUT2D eigenvalue weighted by Crippen LogP contribution is -2.15. The predicted molar refractivity (Wildman–Crippen MR) is 58.8 cm³/mol. The van der Waals surface area contributed by atoms with Gasteiger partial charge >= 0.3 is 7.60 Å². The van der Waals surface area contributed by atoms with Gasteiger partial charge in [-0.25, -0.2) is 0 Å². The van der Waals surface area contributed by atoms with Crippen molar-refractivity contribution in [3.63, 3.8) is 0 Å². The van der Waals surface area contributed by atoms with Crippen LogP contribution in [0.25, 0.3) is 0 Å². The average Bonchev–Trinajstić information content (AvgIpc) is 1.99. The number of carbonyl (C=O) groups excluding carboxylic acids is 1. The molecule has 0 aromatic rings. The molecule has 1 atom stereocenters. The van der Waals surface area contributed by atoms with Gasteiger partial charge in [-0.15, -0.1) is 0 Å². The summed E-state index contributed by atoms with van der Waals surface area (Å²) in [7, 11) is -3.37. The molecule has 0 spiro atoms. The van der Waals surface area contributed by atoms with E-state index in [1.807, 2.05) is 0 Å². The lowest BCUT2D eigenvalue weighted by molar-refractivity contribution is -0.106. The summed E-state index contributed by atoms with van der Waals surface area (Å²) in [6.45, 7) is 6.95. The highest BCUT2D eigenvalue weighted by Crippen LogP contribution is 2.56. The zero-order valence-electron chi connectivity index (χ0n) is 8.77. The van der Waals surface area contributed by atoms with E-state index in [2.05, 4.69) is 15.9 Å². The molecule has 6 heteroatoms. The van der Waals surface area contributed by atoms with Crippen molar-refractivity contribution in [2.45, 2.75) is 44.5 Å². The minimum absolute atomic E-state index is 0.250. The first kappa shape index (κ1) is 14.3. The van der Waals surface area contributed by atoms with Gasteiger partial charge in [0.2, 0.25) is 0 Å². The summed E-state index contributed by atoms with van der Waals surface area (Å²) in [5.41, 5.74) is 0. The smallest absolute Gasteiger partial charge is 0.305 e. The van der Waals surface area contributed by atoms with E-state index < -0.39 is 12.2 Å². The van der Waals surface area contributed by atoms with Crippen LogP contribution >= 0.6 is 23.5 Å². The Labute approximate surface area is 93.0 Å². The van der Waals surface area contributed by atoms with E-state index in [-0.39, 0.29) is 12.2 Å². The van der Waals surface area contributed by atoms with Crippen molar-refractivity contribution in [3.05, 3.63) is 0 Å². The Bertz CT molecular complexity index is 215. The molecular weight excluding hydrogens is 271 g/mol. The fourth-order valence-electron chi connectivity index (χ4n) is 0.803. The maximum absolute atomic E-state index is 12.0. The van der Waals surface area contributed by atoms with Crippen molar-refractivity contribution < 1.29 is 18.4 Å². The van der Waals surface area contributed by atoms with E-state index >= 15 is 0 Å². The molecule has 0 aromatic carbocycles. The van der Waals surface area contributed by atoms with Gasteiger partial charge in [-0.2, -0.15) is 0 Å². The molecule has 0 saturated heterocycles. The minimum atomic E-state index is -3.37. The van der Waals surface area contributed by atoms with E-state index in [1.54, 1.807) is 27.7 Å². The zero-order valence-corrected chi connectivity index (χ0v) is 11.2. The third-order valence-electron chi connectivity index (χ3n) is 1.13. The van der Waals surface area contributed by atoms with Crippen molar-refractivity contribution in [1.82, 2.24) is 0 Å². The van der Waals surface area contributed by atoms with Crippen LogP contribution in [-0.2, 0) is 18.4 Å². The maximum Gasteiger partial charge on any atom is 0.351 e. The number of rotatable bonds is 6. The fraction of sp³-hybridized carbons (Fsp3) is 0.875. The first-order chi connectivity index (χ1) is 6.31. The summed E-state index contributed by atoms with van der Waals surface area (Å²) in [5, 5.41) is 0. The van der Waals surface area contributed by atoms with Gasteiger partial charge in [0.15, 0.2) is 4.57 Å². The number of carbonyl (C=O) groups is 1. The van der Waals surface area contributed by atoms with Crippen LogP contribution < -0.4 is 0 Å². The van der Waals surface area contributed by atoms with Gasteiger partial charge in [-0.1, -0.05) is 15.9 Å². The largest absolute Gasteiger partial charge is 0.351 e. The molecule has 0 aliphatic rings. The topological polar surface area (TPSA) is 52.6 Å². The third kappa shape index (κ3) is 4.69. The van der Waals surface area contributed by atoms with Gasteiger partial charge in [-0.05, 0) is 27.7 Å². The van der Waals surface area contributed by atoms with Crippen molar-refractivity contribution >= 4 is 29.8 Å². The average molecular weight is 287 g/mol. The van der Waals surface area contributed by atoms with Crippen LogP contribution in [0, 0.1) is 0 Å². The highest BCUT2D eigenvalue weighted by Gasteiger charge is 2.36. The number of aldehydes is 1. The van der Waals surface area contributed by atoms with Gasteiger partial charge in [0.1, 0.15) is 6.29 Å². The monoisotopic (exact) mass is 286 g/mol. The summed E-state index contributed by atoms with van der Waals surface area (Å²) in [4.78, 5) is 10.5. The highest BCUT2D eigenvalue weighted by molar-refractivity contribution is 9.11. The molecule has 0 heterocycles. The van der Waals surface area contributed by atoms with Gasteiger partial charge in [-0.3, -0.25) is 4.57 Å². The van der Waals surface area contributed by atoms with E-state index in [4.69, 9.17) is 9.05 Å². The minimum Gasteiger partial charge on any atom is -0.305 e.